The summed E-state index contributed by atoms with van der Waals surface area (Å²) in [6, 6.07) is 10.2. The maximum absolute atomic E-state index is 13.5. The number of rotatable bonds is 2. The lowest BCUT2D eigenvalue weighted by molar-refractivity contribution is 0.622. The molecule has 3 aromatic rings. The summed E-state index contributed by atoms with van der Waals surface area (Å²) in [7, 11) is 0. The van der Waals surface area contributed by atoms with Crippen molar-refractivity contribution in [2.75, 3.05) is 11.1 Å². The molecule has 20 heavy (non-hydrogen) atoms. The molecule has 3 N–H and O–H groups in total. The van der Waals surface area contributed by atoms with Gasteiger partial charge in [0.05, 0.1) is 9.99 Å². The van der Waals surface area contributed by atoms with E-state index in [1.54, 1.807) is 24.3 Å². The molecule has 0 spiro atoms. The number of halogens is 2. The molecule has 4 nitrogen and oxygen atoms in total. The fraction of sp³-hybridized carbons (Fsp3) is 0. The van der Waals surface area contributed by atoms with Gasteiger partial charge in [0.25, 0.3) is 0 Å². The zero-order valence-corrected chi connectivity index (χ0v) is 11.9. The number of nitrogen functional groups attached to an aromatic ring is 1. The van der Waals surface area contributed by atoms with E-state index in [9.17, 15) is 4.39 Å². The molecule has 0 atom stereocenters. The summed E-state index contributed by atoms with van der Waals surface area (Å²) in [5.74, 6) is 0.273. The summed E-state index contributed by atoms with van der Waals surface area (Å²) in [5, 5.41) is 3.91. The molecule has 0 fully saturated rings. The first-order valence-corrected chi connectivity index (χ1v) is 6.65. The number of anilines is 3. The second-order valence-electron chi connectivity index (χ2n) is 4.25. The average Bonchev–Trinajstić information content (AvgIpc) is 2.43. The highest BCUT2D eigenvalue weighted by Gasteiger charge is 2.06. The molecule has 6 heteroatoms. The fourth-order valence-corrected chi connectivity index (χ4v) is 2.13. The first kappa shape index (κ1) is 12.8. The second-order valence-corrected chi connectivity index (χ2v) is 5.11. The Morgan fingerprint density at radius 3 is 2.75 bits per heavy atom. The molecule has 3 rings (SSSR count). The smallest absolute Gasteiger partial charge is 0.141 e. The van der Waals surface area contributed by atoms with Crippen molar-refractivity contribution >= 4 is 44.0 Å². The number of aromatic nitrogens is 2. The van der Waals surface area contributed by atoms with Crippen LogP contribution in [0.15, 0.2) is 47.2 Å². The third-order valence-corrected chi connectivity index (χ3v) is 3.49. The SMILES string of the molecule is Nc1ccc2c(Nc3ccc(Br)c(F)c3)ncnc2c1. The molecule has 0 radical (unpaired) electrons. The number of fused-ring (bicyclic) bond motifs is 1. The summed E-state index contributed by atoms with van der Waals surface area (Å²) < 4.78 is 13.9. The van der Waals surface area contributed by atoms with E-state index < -0.39 is 0 Å². The van der Waals surface area contributed by atoms with Crippen LogP contribution in [0.5, 0.6) is 0 Å². The number of nitrogens with two attached hydrogens (primary N) is 1. The van der Waals surface area contributed by atoms with Crippen LogP contribution in [0.1, 0.15) is 0 Å². The second kappa shape index (κ2) is 5.05. The largest absolute Gasteiger partial charge is 0.399 e. The highest BCUT2D eigenvalue weighted by Crippen LogP contribution is 2.26. The Hall–Kier alpha value is -2.21. The Kier molecular flexibility index (Phi) is 3.23. The van der Waals surface area contributed by atoms with Crippen molar-refractivity contribution in [3.63, 3.8) is 0 Å². The topological polar surface area (TPSA) is 63.8 Å². The van der Waals surface area contributed by atoms with Gasteiger partial charge in [-0.25, -0.2) is 14.4 Å². The molecule has 2 aromatic carbocycles. The van der Waals surface area contributed by atoms with Gasteiger partial charge in [-0.15, -0.1) is 0 Å². The zero-order valence-electron chi connectivity index (χ0n) is 10.3. The Balaban J connectivity index is 2.04. The van der Waals surface area contributed by atoms with Crippen molar-refractivity contribution in [1.29, 1.82) is 0 Å². The van der Waals surface area contributed by atoms with Gasteiger partial charge in [0.15, 0.2) is 0 Å². The van der Waals surface area contributed by atoms with E-state index in [2.05, 4.69) is 31.2 Å². The van der Waals surface area contributed by atoms with Crippen LogP contribution in [-0.4, -0.2) is 9.97 Å². The van der Waals surface area contributed by atoms with Crippen LogP contribution >= 0.6 is 15.9 Å². The summed E-state index contributed by atoms with van der Waals surface area (Å²) in [5.41, 5.74) is 7.71. The summed E-state index contributed by atoms with van der Waals surface area (Å²) in [6.07, 6.45) is 1.44. The van der Waals surface area contributed by atoms with E-state index in [4.69, 9.17) is 5.73 Å². The molecule has 1 aromatic heterocycles. The minimum Gasteiger partial charge on any atom is -0.399 e. The van der Waals surface area contributed by atoms with Crippen molar-refractivity contribution in [1.82, 2.24) is 9.97 Å². The van der Waals surface area contributed by atoms with Gasteiger partial charge < -0.3 is 11.1 Å². The molecule has 0 amide bonds. The molecule has 0 saturated heterocycles. The van der Waals surface area contributed by atoms with Crippen molar-refractivity contribution in [2.45, 2.75) is 0 Å². The number of hydrogen-bond acceptors (Lipinski definition) is 4. The third kappa shape index (κ3) is 2.42. The highest BCUT2D eigenvalue weighted by molar-refractivity contribution is 9.10. The van der Waals surface area contributed by atoms with Crippen LogP contribution < -0.4 is 11.1 Å². The minimum atomic E-state index is -0.336. The fourth-order valence-electron chi connectivity index (χ4n) is 1.88. The van der Waals surface area contributed by atoms with Crippen LogP contribution in [0.25, 0.3) is 10.9 Å². The van der Waals surface area contributed by atoms with E-state index in [1.807, 2.05) is 6.07 Å². The normalized spacial score (nSPS) is 10.7. The first-order chi connectivity index (χ1) is 9.63. The Bertz CT molecular complexity index is 791. The molecule has 0 aliphatic heterocycles. The lowest BCUT2D eigenvalue weighted by Gasteiger charge is -2.09. The zero-order chi connectivity index (χ0) is 14.1. The monoisotopic (exact) mass is 332 g/mol. The Labute approximate surface area is 123 Å². The maximum atomic E-state index is 13.5. The van der Waals surface area contributed by atoms with Crippen LogP contribution in [0.3, 0.4) is 0 Å². The van der Waals surface area contributed by atoms with Crippen LogP contribution in [0.4, 0.5) is 21.6 Å². The van der Waals surface area contributed by atoms with Gasteiger partial charge in [-0.1, -0.05) is 0 Å². The number of hydrogen-bond donors (Lipinski definition) is 2. The van der Waals surface area contributed by atoms with Crippen molar-refractivity contribution in [2.24, 2.45) is 0 Å². The van der Waals surface area contributed by atoms with Gasteiger partial charge in [0, 0.05) is 16.8 Å². The average molecular weight is 333 g/mol. The van der Waals surface area contributed by atoms with Crippen LogP contribution in [-0.2, 0) is 0 Å². The molecular weight excluding hydrogens is 323 g/mol. The summed E-state index contributed by atoms with van der Waals surface area (Å²) in [4.78, 5) is 8.35. The van der Waals surface area contributed by atoms with Gasteiger partial charge in [-0.05, 0) is 52.3 Å². The quantitative estimate of drug-likeness (QED) is 0.699. The van der Waals surface area contributed by atoms with Gasteiger partial charge in [-0.3, -0.25) is 0 Å². The number of nitrogens with one attached hydrogen (secondary N) is 1. The molecular formula is C14H10BrFN4. The van der Waals surface area contributed by atoms with E-state index in [0.717, 1.165) is 10.9 Å². The van der Waals surface area contributed by atoms with Crippen molar-refractivity contribution in [3.05, 3.63) is 53.0 Å². The highest BCUT2D eigenvalue weighted by atomic mass is 79.9. The lowest BCUT2D eigenvalue weighted by atomic mass is 10.2. The molecule has 0 saturated carbocycles. The number of benzene rings is 2. The maximum Gasteiger partial charge on any atom is 0.141 e. The van der Waals surface area contributed by atoms with E-state index >= 15 is 0 Å². The van der Waals surface area contributed by atoms with Crippen LogP contribution in [0, 0.1) is 5.82 Å². The van der Waals surface area contributed by atoms with E-state index in [1.165, 1.54) is 12.4 Å². The molecule has 0 aliphatic rings. The third-order valence-electron chi connectivity index (χ3n) is 2.84. The van der Waals surface area contributed by atoms with Gasteiger partial charge >= 0.3 is 0 Å². The van der Waals surface area contributed by atoms with E-state index in [-0.39, 0.29) is 5.82 Å². The standard InChI is InChI=1S/C14H10BrFN4/c15-11-4-2-9(6-12(11)16)20-14-10-3-1-8(17)5-13(10)18-7-19-14/h1-7H,17H2,(H,18,19,20). The predicted molar refractivity (Wildman–Crippen MR) is 81.3 cm³/mol. The Morgan fingerprint density at radius 2 is 1.95 bits per heavy atom. The van der Waals surface area contributed by atoms with Crippen LogP contribution in [0.2, 0.25) is 0 Å². The minimum absolute atomic E-state index is 0.336. The van der Waals surface area contributed by atoms with Gasteiger partial charge in [-0.2, -0.15) is 0 Å². The molecule has 100 valence electrons. The molecule has 1 heterocycles. The van der Waals surface area contributed by atoms with Gasteiger partial charge in [0.2, 0.25) is 0 Å². The molecule has 0 unspecified atom stereocenters. The molecule has 0 aliphatic carbocycles. The first-order valence-electron chi connectivity index (χ1n) is 5.86. The molecule has 0 bridgehead atoms. The van der Waals surface area contributed by atoms with Crippen molar-refractivity contribution < 1.29 is 4.39 Å². The summed E-state index contributed by atoms with van der Waals surface area (Å²) in [6.45, 7) is 0. The van der Waals surface area contributed by atoms with E-state index in [0.29, 0.717) is 21.7 Å². The van der Waals surface area contributed by atoms with Gasteiger partial charge in [0.1, 0.15) is 18.0 Å². The predicted octanol–water partition coefficient (Wildman–Crippen LogP) is 3.86. The Morgan fingerprint density at radius 1 is 1.10 bits per heavy atom. The van der Waals surface area contributed by atoms with Crippen molar-refractivity contribution in [3.8, 4) is 0 Å². The summed E-state index contributed by atoms with van der Waals surface area (Å²) >= 11 is 3.12. The lowest BCUT2D eigenvalue weighted by Crippen LogP contribution is -1.97. The number of nitrogens with zero attached hydrogens (tertiary/aromatic N) is 2.